The molecule has 2 heteroatoms. The molecule has 2 N–H and O–H groups in total. The lowest BCUT2D eigenvalue weighted by Gasteiger charge is -2.48. The molecule has 0 amide bonds. The Labute approximate surface area is 107 Å². The summed E-state index contributed by atoms with van der Waals surface area (Å²) >= 11 is 0. The van der Waals surface area contributed by atoms with E-state index in [1.807, 2.05) is 0 Å². The molecule has 3 atom stereocenters. The Kier molecular flexibility index (Phi) is 4.14. The normalized spacial score (nSPS) is 40.1. The van der Waals surface area contributed by atoms with Gasteiger partial charge in [-0.25, -0.2) is 0 Å². The van der Waals surface area contributed by atoms with Crippen LogP contribution in [0, 0.1) is 17.8 Å². The summed E-state index contributed by atoms with van der Waals surface area (Å²) in [6.45, 7) is 10.6. The van der Waals surface area contributed by atoms with Crippen molar-refractivity contribution in [3.63, 3.8) is 0 Å². The number of nitrogens with two attached hydrogens (primary N) is 1. The summed E-state index contributed by atoms with van der Waals surface area (Å²) in [5, 5.41) is 0. The van der Waals surface area contributed by atoms with E-state index in [2.05, 4.69) is 25.7 Å². The van der Waals surface area contributed by atoms with Crippen molar-refractivity contribution in [2.75, 3.05) is 19.6 Å². The van der Waals surface area contributed by atoms with E-state index in [1.54, 1.807) is 0 Å². The van der Waals surface area contributed by atoms with Crippen LogP contribution in [0.2, 0.25) is 0 Å². The van der Waals surface area contributed by atoms with Gasteiger partial charge in [0.25, 0.3) is 0 Å². The minimum Gasteiger partial charge on any atom is -0.329 e. The fraction of sp³-hybridized carbons (Fsp3) is 1.00. The molecule has 0 radical (unpaired) electrons. The minimum absolute atomic E-state index is 0.345. The summed E-state index contributed by atoms with van der Waals surface area (Å²) in [6.07, 6.45) is 6.84. The van der Waals surface area contributed by atoms with Crippen LogP contribution < -0.4 is 5.73 Å². The zero-order chi connectivity index (χ0) is 12.5. The molecule has 1 heterocycles. The molecule has 17 heavy (non-hydrogen) atoms. The zero-order valence-corrected chi connectivity index (χ0v) is 11.9. The Morgan fingerprint density at radius 1 is 1.35 bits per heavy atom. The van der Waals surface area contributed by atoms with E-state index in [0.717, 1.165) is 24.3 Å². The van der Waals surface area contributed by atoms with Crippen LogP contribution in [-0.4, -0.2) is 30.1 Å². The number of hydrogen-bond acceptors (Lipinski definition) is 2. The first kappa shape index (κ1) is 13.4. The Bertz CT molecular complexity index is 251. The number of nitrogens with zero attached hydrogens (tertiary/aromatic N) is 1. The molecule has 0 aromatic rings. The predicted molar refractivity (Wildman–Crippen MR) is 73.9 cm³/mol. The molecule has 1 saturated carbocycles. The fourth-order valence-electron chi connectivity index (χ4n) is 3.92. The van der Waals surface area contributed by atoms with Gasteiger partial charge in [0.1, 0.15) is 0 Å². The van der Waals surface area contributed by atoms with Crippen LogP contribution in [0.4, 0.5) is 0 Å². The molecule has 3 unspecified atom stereocenters. The van der Waals surface area contributed by atoms with Crippen LogP contribution >= 0.6 is 0 Å². The van der Waals surface area contributed by atoms with Gasteiger partial charge in [-0.1, -0.05) is 33.6 Å². The second-order valence-corrected chi connectivity index (χ2v) is 6.87. The maximum atomic E-state index is 6.18. The van der Waals surface area contributed by atoms with Crippen LogP contribution in [0.1, 0.15) is 52.9 Å². The van der Waals surface area contributed by atoms with E-state index in [-0.39, 0.29) is 0 Å². The summed E-state index contributed by atoms with van der Waals surface area (Å²) in [4.78, 5) is 2.73. The van der Waals surface area contributed by atoms with E-state index in [0.29, 0.717) is 5.54 Å². The van der Waals surface area contributed by atoms with Gasteiger partial charge >= 0.3 is 0 Å². The Hall–Kier alpha value is -0.0800. The SMILES string of the molecule is CC1CCN(C2(CN)CCCC(C(C)C)C2)C1. The van der Waals surface area contributed by atoms with E-state index in [4.69, 9.17) is 5.73 Å². The average molecular weight is 238 g/mol. The lowest BCUT2D eigenvalue weighted by Crippen LogP contribution is -2.55. The van der Waals surface area contributed by atoms with Crippen LogP contribution in [0.3, 0.4) is 0 Å². The second-order valence-electron chi connectivity index (χ2n) is 6.87. The molecule has 0 spiro atoms. The van der Waals surface area contributed by atoms with Crippen molar-refractivity contribution in [3.8, 4) is 0 Å². The number of likely N-dealkylation sites (tertiary alicyclic amines) is 1. The molecule has 2 fully saturated rings. The smallest absolute Gasteiger partial charge is 0.0334 e. The third-order valence-electron chi connectivity index (χ3n) is 5.28. The Morgan fingerprint density at radius 2 is 2.12 bits per heavy atom. The molecule has 2 rings (SSSR count). The molecular formula is C15H30N2. The van der Waals surface area contributed by atoms with E-state index >= 15 is 0 Å². The lowest BCUT2D eigenvalue weighted by atomic mass is 9.71. The molecule has 0 aromatic carbocycles. The van der Waals surface area contributed by atoms with Crippen LogP contribution in [0.15, 0.2) is 0 Å². The first-order valence-electron chi connectivity index (χ1n) is 7.52. The van der Waals surface area contributed by atoms with Crippen molar-refractivity contribution in [1.82, 2.24) is 4.90 Å². The summed E-state index contributed by atoms with van der Waals surface area (Å²) < 4.78 is 0. The number of rotatable bonds is 3. The second kappa shape index (κ2) is 5.27. The highest BCUT2D eigenvalue weighted by molar-refractivity contribution is 4.99. The van der Waals surface area contributed by atoms with E-state index < -0.39 is 0 Å². The molecular weight excluding hydrogens is 208 g/mol. The zero-order valence-electron chi connectivity index (χ0n) is 11.9. The maximum absolute atomic E-state index is 6.18. The third kappa shape index (κ3) is 2.68. The van der Waals surface area contributed by atoms with Crippen molar-refractivity contribution < 1.29 is 0 Å². The largest absolute Gasteiger partial charge is 0.329 e. The van der Waals surface area contributed by atoms with Crippen molar-refractivity contribution in [2.45, 2.75) is 58.4 Å². The highest BCUT2D eigenvalue weighted by Crippen LogP contribution is 2.41. The van der Waals surface area contributed by atoms with E-state index in [1.165, 1.54) is 45.2 Å². The van der Waals surface area contributed by atoms with Crippen molar-refractivity contribution >= 4 is 0 Å². The molecule has 0 aromatic heterocycles. The van der Waals surface area contributed by atoms with Gasteiger partial charge in [0.15, 0.2) is 0 Å². The first-order chi connectivity index (χ1) is 8.07. The van der Waals surface area contributed by atoms with Crippen LogP contribution in [0.25, 0.3) is 0 Å². The van der Waals surface area contributed by atoms with Gasteiger partial charge in [0, 0.05) is 18.6 Å². The topological polar surface area (TPSA) is 29.3 Å². The molecule has 1 saturated heterocycles. The monoisotopic (exact) mass is 238 g/mol. The van der Waals surface area contributed by atoms with Gasteiger partial charge in [-0.15, -0.1) is 0 Å². The predicted octanol–water partition coefficient (Wildman–Crippen LogP) is 2.87. The average Bonchev–Trinajstić information content (AvgIpc) is 2.76. The van der Waals surface area contributed by atoms with Gasteiger partial charge in [-0.05, 0) is 43.6 Å². The summed E-state index contributed by atoms with van der Waals surface area (Å²) in [5.74, 6) is 2.59. The fourth-order valence-corrected chi connectivity index (χ4v) is 3.92. The molecule has 2 nitrogen and oxygen atoms in total. The van der Waals surface area contributed by atoms with Crippen molar-refractivity contribution in [3.05, 3.63) is 0 Å². The Morgan fingerprint density at radius 3 is 2.65 bits per heavy atom. The van der Waals surface area contributed by atoms with Gasteiger partial charge in [0.2, 0.25) is 0 Å². The molecule has 0 bridgehead atoms. The van der Waals surface area contributed by atoms with Crippen LogP contribution in [-0.2, 0) is 0 Å². The first-order valence-corrected chi connectivity index (χ1v) is 7.52. The van der Waals surface area contributed by atoms with Gasteiger partial charge in [-0.2, -0.15) is 0 Å². The summed E-state index contributed by atoms with van der Waals surface area (Å²) in [5.41, 5.74) is 6.53. The van der Waals surface area contributed by atoms with Crippen molar-refractivity contribution in [2.24, 2.45) is 23.5 Å². The summed E-state index contributed by atoms with van der Waals surface area (Å²) in [6, 6.07) is 0. The van der Waals surface area contributed by atoms with Crippen molar-refractivity contribution in [1.29, 1.82) is 0 Å². The number of hydrogen-bond donors (Lipinski definition) is 1. The molecule has 100 valence electrons. The highest BCUT2D eigenvalue weighted by Gasteiger charge is 2.42. The highest BCUT2D eigenvalue weighted by atomic mass is 15.2. The molecule has 2 aliphatic rings. The third-order valence-corrected chi connectivity index (χ3v) is 5.28. The standard InChI is InChI=1S/C15H30N2/c1-12(2)14-5-4-7-15(9-14,11-16)17-8-6-13(3)10-17/h12-14H,4-11,16H2,1-3H3. The van der Waals surface area contributed by atoms with Gasteiger partial charge in [-0.3, -0.25) is 4.90 Å². The summed E-state index contributed by atoms with van der Waals surface area (Å²) in [7, 11) is 0. The van der Waals surface area contributed by atoms with E-state index in [9.17, 15) is 0 Å². The molecule has 1 aliphatic carbocycles. The van der Waals surface area contributed by atoms with Gasteiger partial charge < -0.3 is 5.73 Å². The minimum atomic E-state index is 0.345. The Balaban J connectivity index is 2.07. The van der Waals surface area contributed by atoms with Gasteiger partial charge in [0.05, 0.1) is 0 Å². The quantitative estimate of drug-likeness (QED) is 0.819. The van der Waals surface area contributed by atoms with Crippen LogP contribution in [0.5, 0.6) is 0 Å². The molecule has 1 aliphatic heterocycles. The maximum Gasteiger partial charge on any atom is 0.0334 e. The lowest BCUT2D eigenvalue weighted by molar-refractivity contribution is 0.0411.